The lowest BCUT2D eigenvalue weighted by molar-refractivity contribution is -0.143. The average molecular weight is 592 g/mol. The Morgan fingerprint density at radius 1 is 1.28 bits per heavy atom. The Balaban J connectivity index is 1.84. The van der Waals surface area contributed by atoms with Gasteiger partial charge < -0.3 is 14.2 Å². The first-order valence-electron chi connectivity index (χ1n) is 9.00. The Morgan fingerprint density at radius 3 is 2.69 bits per heavy atom. The van der Waals surface area contributed by atoms with Crippen LogP contribution >= 0.6 is 46.0 Å². The minimum Gasteiger partial charge on any atom is -0.493 e. The molecule has 168 valence electrons. The molecule has 0 bridgehead atoms. The van der Waals surface area contributed by atoms with Gasteiger partial charge in [-0.25, -0.2) is 4.39 Å². The molecule has 1 saturated heterocycles. The molecule has 0 atom stereocenters. The molecule has 32 heavy (non-hydrogen) atoms. The molecule has 2 amide bonds. The van der Waals surface area contributed by atoms with Crippen molar-refractivity contribution in [3.63, 3.8) is 0 Å². The summed E-state index contributed by atoms with van der Waals surface area (Å²) in [6.07, 6.45) is 1.52. The molecular weight excluding hydrogens is 576 g/mol. The molecular formula is C21H16ClFINO6S. The van der Waals surface area contributed by atoms with E-state index in [1.54, 1.807) is 18.2 Å². The number of carbonyl (C=O) groups excluding carboxylic acids is 3. The summed E-state index contributed by atoms with van der Waals surface area (Å²) in [5.41, 5.74) is 0.793. The standard InChI is InChI=1S/C21H16ClFINO6S/c1-29-16-7-11(8-17-20(27)25(21(28)32-17)9-18(26)30-2)6-15(24)19(16)31-10-12-13(22)4-3-5-14(12)23/h3-8H,9-10H2,1-2H3/b17-8-. The predicted octanol–water partition coefficient (Wildman–Crippen LogP) is 4.88. The molecule has 0 saturated carbocycles. The Labute approximate surface area is 206 Å². The van der Waals surface area contributed by atoms with Crippen LogP contribution in [0.25, 0.3) is 6.08 Å². The van der Waals surface area contributed by atoms with Crippen LogP contribution in [0.15, 0.2) is 35.2 Å². The summed E-state index contributed by atoms with van der Waals surface area (Å²) in [5.74, 6) is -1.03. The van der Waals surface area contributed by atoms with E-state index in [0.717, 1.165) is 16.7 Å². The number of methoxy groups -OCH3 is 2. The number of hydrogen-bond donors (Lipinski definition) is 0. The molecule has 0 spiro atoms. The lowest BCUT2D eigenvalue weighted by Crippen LogP contribution is -2.34. The normalized spacial score (nSPS) is 14.8. The van der Waals surface area contributed by atoms with Crippen molar-refractivity contribution in [2.45, 2.75) is 6.61 Å². The molecule has 1 fully saturated rings. The van der Waals surface area contributed by atoms with Crippen molar-refractivity contribution in [1.82, 2.24) is 4.90 Å². The zero-order chi connectivity index (χ0) is 23.4. The van der Waals surface area contributed by atoms with Crippen LogP contribution < -0.4 is 9.47 Å². The smallest absolute Gasteiger partial charge is 0.325 e. The van der Waals surface area contributed by atoms with Crippen LogP contribution in [0.1, 0.15) is 11.1 Å². The summed E-state index contributed by atoms with van der Waals surface area (Å²) in [6, 6.07) is 7.71. The lowest BCUT2D eigenvalue weighted by atomic mass is 10.1. The monoisotopic (exact) mass is 591 g/mol. The Hall–Kier alpha value is -2.31. The van der Waals surface area contributed by atoms with Gasteiger partial charge in [-0.05, 0) is 70.3 Å². The van der Waals surface area contributed by atoms with Crippen LogP contribution in [-0.2, 0) is 20.9 Å². The Bertz CT molecular complexity index is 1110. The number of halogens is 3. The third-order valence-electron chi connectivity index (χ3n) is 4.36. The van der Waals surface area contributed by atoms with E-state index < -0.39 is 29.5 Å². The predicted molar refractivity (Wildman–Crippen MR) is 126 cm³/mol. The van der Waals surface area contributed by atoms with Gasteiger partial charge in [-0.15, -0.1) is 0 Å². The molecule has 0 aromatic heterocycles. The van der Waals surface area contributed by atoms with E-state index in [1.807, 2.05) is 22.6 Å². The minimum atomic E-state index is -0.693. The number of amides is 2. The van der Waals surface area contributed by atoms with Gasteiger partial charge in [0.05, 0.1) is 27.7 Å². The molecule has 3 rings (SSSR count). The van der Waals surface area contributed by atoms with Crippen LogP contribution in [0.2, 0.25) is 5.02 Å². The van der Waals surface area contributed by atoms with Gasteiger partial charge in [0, 0.05) is 5.56 Å². The maximum atomic E-state index is 14.0. The number of hydrogen-bond acceptors (Lipinski definition) is 7. The highest BCUT2D eigenvalue weighted by Gasteiger charge is 2.36. The molecule has 1 heterocycles. The second-order valence-electron chi connectivity index (χ2n) is 6.37. The second-order valence-corrected chi connectivity index (χ2v) is 8.93. The topological polar surface area (TPSA) is 82.1 Å². The van der Waals surface area contributed by atoms with Gasteiger partial charge >= 0.3 is 5.97 Å². The summed E-state index contributed by atoms with van der Waals surface area (Å²) in [7, 11) is 2.62. The van der Waals surface area contributed by atoms with Gasteiger partial charge in [-0.2, -0.15) is 0 Å². The van der Waals surface area contributed by atoms with Crippen molar-refractivity contribution in [1.29, 1.82) is 0 Å². The number of ether oxygens (including phenoxy) is 3. The van der Waals surface area contributed by atoms with E-state index in [2.05, 4.69) is 4.74 Å². The number of rotatable bonds is 7. The van der Waals surface area contributed by atoms with Crippen molar-refractivity contribution in [3.8, 4) is 11.5 Å². The summed E-state index contributed by atoms with van der Waals surface area (Å²) in [5, 5.41) is -0.312. The van der Waals surface area contributed by atoms with Gasteiger partial charge in [0.25, 0.3) is 11.1 Å². The van der Waals surface area contributed by atoms with Crippen LogP contribution in [0.5, 0.6) is 11.5 Å². The number of thioether (sulfide) groups is 1. The summed E-state index contributed by atoms with van der Waals surface area (Å²) >= 11 is 8.80. The van der Waals surface area contributed by atoms with Gasteiger partial charge in [0.1, 0.15) is 19.0 Å². The zero-order valence-electron chi connectivity index (χ0n) is 16.8. The fraction of sp³-hybridized carbons (Fsp3) is 0.190. The van der Waals surface area contributed by atoms with Gasteiger partial charge in [-0.3, -0.25) is 19.3 Å². The molecule has 1 aliphatic heterocycles. The van der Waals surface area contributed by atoms with Crippen LogP contribution in [0.4, 0.5) is 9.18 Å². The highest BCUT2D eigenvalue weighted by molar-refractivity contribution is 14.1. The molecule has 2 aromatic rings. The highest BCUT2D eigenvalue weighted by atomic mass is 127. The van der Waals surface area contributed by atoms with Crippen molar-refractivity contribution >= 4 is 69.1 Å². The van der Waals surface area contributed by atoms with Crippen LogP contribution in [0, 0.1) is 9.39 Å². The number of carbonyl (C=O) groups is 3. The number of imide groups is 1. The largest absolute Gasteiger partial charge is 0.493 e. The van der Waals surface area contributed by atoms with Crippen LogP contribution in [-0.4, -0.2) is 42.8 Å². The molecule has 2 aromatic carbocycles. The maximum Gasteiger partial charge on any atom is 0.325 e. The van der Waals surface area contributed by atoms with Crippen LogP contribution in [0.3, 0.4) is 0 Å². The fourth-order valence-electron chi connectivity index (χ4n) is 2.76. The SMILES string of the molecule is COC(=O)CN1C(=O)S/C(=C\c2cc(I)c(OCc3c(F)cccc3Cl)c(OC)c2)C1=O. The van der Waals surface area contributed by atoms with E-state index in [4.69, 9.17) is 21.1 Å². The zero-order valence-corrected chi connectivity index (χ0v) is 20.5. The van der Waals surface area contributed by atoms with E-state index >= 15 is 0 Å². The molecule has 0 aliphatic carbocycles. The van der Waals surface area contributed by atoms with Crippen molar-refractivity contribution < 1.29 is 33.0 Å². The molecule has 0 unspecified atom stereocenters. The molecule has 0 radical (unpaired) electrons. The summed E-state index contributed by atoms with van der Waals surface area (Å²) in [4.78, 5) is 37.0. The first-order chi connectivity index (χ1) is 15.2. The Morgan fingerprint density at radius 2 is 2.03 bits per heavy atom. The fourth-order valence-corrected chi connectivity index (χ4v) is 4.60. The first-order valence-corrected chi connectivity index (χ1v) is 11.3. The third-order valence-corrected chi connectivity index (χ3v) is 6.42. The van der Waals surface area contributed by atoms with Crippen molar-refractivity contribution in [2.75, 3.05) is 20.8 Å². The lowest BCUT2D eigenvalue weighted by Gasteiger charge is -2.15. The van der Waals surface area contributed by atoms with Gasteiger partial charge in [0.2, 0.25) is 0 Å². The van der Waals surface area contributed by atoms with Crippen molar-refractivity contribution in [2.24, 2.45) is 0 Å². The quantitative estimate of drug-likeness (QED) is 0.258. The maximum absolute atomic E-state index is 14.0. The van der Waals surface area contributed by atoms with E-state index in [1.165, 1.54) is 32.4 Å². The van der Waals surface area contributed by atoms with Gasteiger partial charge in [0.15, 0.2) is 11.5 Å². The molecule has 1 aliphatic rings. The number of esters is 1. The van der Waals surface area contributed by atoms with E-state index in [-0.39, 0.29) is 22.1 Å². The molecule has 11 heteroatoms. The number of benzene rings is 2. The van der Waals surface area contributed by atoms with Crippen molar-refractivity contribution in [3.05, 3.63) is 60.8 Å². The summed E-state index contributed by atoms with van der Waals surface area (Å²) < 4.78 is 30.4. The first kappa shape index (κ1) is 24.3. The Kier molecular flexibility index (Phi) is 8.01. The third kappa shape index (κ3) is 5.36. The van der Waals surface area contributed by atoms with E-state index in [9.17, 15) is 18.8 Å². The highest BCUT2D eigenvalue weighted by Crippen LogP contribution is 2.38. The second kappa shape index (κ2) is 10.5. The molecule has 0 N–H and O–H groups in total. The van der Waals surface area contributed by atoms with Gasteiger partial charge in [-0.1, -0.05) is 17.7 Å². The molecule has 7 nitrogen and oxygen atoms in total. The average Bonchev–Trinajstić information content (AvgIpc) is 3.01. The minimum absolute atomic E-state index is 0.108. The number of nitrogens with zero attached hydrogens (tertiary/aromatic N) is 1. The van der Waals surface area contributed by atoms with E-state index in [0.29, 0.717) is 20.6 Å². The summed E-state index contributed by atoms with van der Waals surface area (Å²) in [6.45, 7) is -0.561.